The van der Waals surface area contributed by atoms with E-state index in [1.165, 1.54) is 0 Å². The zero-order valence-electron chi connectivity index (χ0n) is 11.8. The van der Waals surface area contributed by atoms with Crippen LogP contribution in [0.3, 0.4) is 0 Å². The normalized spacial score (nSPS) is 26.8. The van der Waals surface area contributed by atoms with Crippen LogP contribution in [-0.2, 0) is 22.6 Å². The van der Waals surface area contributed by atoms with E-state index in [4.69, 9.17) is 0 Å². The van der Waals surface area contributed by atoms with Crippen molar-refractivity contribution in [2.75, 3.05) is 0 Å². The quantitative estimate of drug-likeness (QED) is 0.897. The summed E-state index contributed by atoms with van der Waals surface area (Å²) in [5.41, 5.74) is 2.13. The number of carboxylic acid groups (broad SMARTS) is 1. The van der Waals surface area contributed by atoms with E-state index in [1.807, 2.05) is 24.3 Å². The second-order valence-electron chi connectivity index (χ2n) is 6.54. The highest BCUT2D eigenvalue weighted by Crippen LogP contribution is 2.53. The first-order valence-corrected chi connectivity index (χ1v) is 7.00. The highest BCUT2D eigenvalue weighted by atomic mass is 16.4. The largest absolute Gasteiger partial charge is 0.480 e. The van der Waals surface area contributed by atoms with Gasteiger partial charge in [0.05, 0.1) is 0 Å². The van der Waals surface area contributed by atoms with Gasteiger partial charge in [0.2, 0.25) is 5.91 Å². The van der Waals surface area contributed by atoms with Gasteiger partial charge in [0.25, 0.3) is 0 Å². The number of rotatable bonds is 2. The van der Waals surface area contributed by atoms with Gasteiger partial charge in [-0.25, -0.2) is 4.79 Å². The minimum atomic E-state index is -0.911. The van der Waals surface area contributed by atoms with E-state index in [0.717, 1.165) is 17.5 Å². The van der Waals surface area contributed by atoms with Crippen molar-refractivity contribution < 1.29 is 14.7 Å². The van der Waals surface area contributed by atoms with E-state index in [1.54, 1.807) is 4.90 Å². The first-order chi connectivity index (χ1) is 9.40. The van der Waals surface area contributed by atoms with Crippen LogP contribution in [0.25, 0.3) is 0 Å². The van der Waals surface area contributed by atoms with E-state index in [0.29, 0.717) is 13.0 Å². The molecule has 4 heteroatoms. The standard InChI is InChI=1S/C16H19NO3/c1-16(2)8-12(16)14(18)17-9-11-6-4-3-5-10(11)7-13(17)15(19)20/h3-6,12-13H,7-9H2,1-2H3,(H,19,20)/t12?,13-/m1/s1. The van der Waals surface area contributed by atoms with Crippen LogP contribution in [0.1, 0.15) is 31.4 Å². The fourth-order valence-corrected chi connectivity index (χ4v) is 3.06. The monoisotopic (exact) mass is 273 g/mol. The Labute approximate surface area is 118 Å². The Balaban J connectivity index is 1.89. The van der Waals surface area contributed by atoms with Gasteiger partial charge >= 0.3 is 5.97 Å². The maximum Gasteiger partial charge on any atom is 0.326 e. The van der Waals surface area contributed by atoms with Gasteiger partial charge in [-0.3, -0.25) is 4.79 Å². The molecule has 1 aliphatic heterocycles. The van der Waals surface area contributed by atoms with Gasteiger partial charge in [0.15, 0.2) is 0 Å². The number of hydrogen-bond donors (Lipinski definition) is 1. The molecule has 4 nitrogen and oxygen atoms in total. The number of hydrogen-bond acceptors (Lipinski definition) is 2. The molecule has 1 aliphatic carbocycles. The van der Waals surface area contributed by atoms with Crippen LogP contribution >= 0.6 is 0 Å². The zero-order chi connectivity index (χ0) is 14.5. The second-order valence-corrected chi connectivity index (χ2v) is 6.54. The maximum absolute atomic E-state index is 12.6. The van der Waals surface area contributed by atoms with Gasteiger partial charge in [-0.2, -0.15) is 0 Å². The Bertz CT molecular complexity index is 579. The minimum absolute atomic E-state index is 0.00287. The fraction of sp³-hybridized carbons (Fsp3) is 0.500. The minimum Gasteiger partial charge on any atom is -0.480 e. The molecule has 106 valence electrons. The van der Waals surface area contributed by atoms with Gasteiger partial charge in [-0.15, -0.1) is 0 Å². The average molecular weight is 273 g/mol. The summed E-state index contributed by atoms with van der Waals surface area (Å²) >= 11 is 0. The van der Waals surface area contributed by atoms with Crippen LogP contribution in [0, 0.1) is 11.3 Å². The Kier molecular flexibility index (Phi) is 2.85. The van der Waals surface area contributed by atoms with Crippen molar-refractivity contribution in [3.63, 3.8) is 0 Å². The maximum atomic E-state index is 12.6. The summed E-state index contributed by atoms with van der Waals surface area (Å²) in [6, 6.07) is 7.05. The summed E-state index contributed by atoms with van der Waals surface area (Å²) in [6.07, 6.45) is 1.26. The van der Waals surface area contributed by atoms with E-state index < -0.39 is 12.0 Å². The summed E-state index contributed by atoms with van der Waals surface area (Å²) in [4.78, 5) is 25.6. The molecule has 1 unspecified atom stereocenters. The number of carbonyl (C=O) groups is 2. The van der Waals surface area contributed by atoms with Crippen molar-refractivity contribution in [2.45, 2.75) is 39.3 Å². The molecule has 0 saturated heterocycles. The average Bonchev–Trinajstić information content (AvgIpc) is 3.05. The van der Waals surface area contributed by atoms with Gasteiger partial charge in [0.1, 0.15) is 6.04 Å². The van der Waals surface area contributed by atoms with Crippen LogP contribution in [0.5, 0.6) is 0 Å². The van der Waals surface area contributed by atoms with Crippen LogP contribution < -0.4 is 0 Å². The van der Waals surface area contributed by atoms with E-state index in [9.17, 15) is 14.7 Å². The van der Waals surface area contributed by atoms with Gasteiger partial charge in [-0.1, -0.05) is 38.1 Å². The fourth-order valence-electron chi connectivity index (χ4n) is 3.06. The molecule has 2 atom stereocenters. The first kappa shape index (κ1) is 13.2. The molecule has 3 rings (SSSR count). The van der Waals surface area contributed by atoms with Crippen molar-refractivity contribution in [3.8, 4) is 0 Å². The number of fused-ring (bicyclic) bond motifs is 1. The summed E-state index contributed by atoms with van der Waals surface area (Å²) < 4.78 is 0. The van der Waals surface area contributed by atoms with Gasteiger partial charge < -0.3 is 10.0 Å². The molecule has 1 heterocycles. The molecule has 0 aromatic heterocycles. The lowest BCUT2D eigenvalue weighted by molar-refractivity contribution is -0.152. The Morgan fingerprint density at radius 3 is 2.40 bits per heavy atom. The zero-order valence-corrected chi connectivity index (χ0v) is 11.8. The lowest BCUT2D eigenvalue weighted by Crippen LogP contribution is -2.49. The third-order valence-electron chi connectivity index (χ3n) is 4.63. The number of carbonyl (C=O) groups excluding carboxylic acids is 1. The summed E-state index contributed by atoms with van der Waals surface area (Å²) in [5.74, 6) is -0.933. The Morgan fingerprint density at radius 2 is 1.85 bits per heavy atom. The van der Waals surface area contributed by atoms with Crippen molar-refractivity contribution in [3.05, 3.63) is 35.4 Å². The van der Waals surface area contributed by atoms with Gasteiger partial charge in [-0.05, 0) is 23.0 Å². The third kappa shape index (κ3) is 2.09. The molecule has 20 heavy (non-hydrogen) atoms. The molecule has 1 fully saturated rings. The molecule has 0 bridgehead atoms. The van der Waals surface area contributed by atoms with Crippen LogP contribution in [0.2, 0.25) is 0 Å². The van der Waals surface area contributed by atoms with E-state index >= 15 is 0 Å². The molecular formula is C16H19NO3. The molecule has 2 aliphatic rings. The van der Waals surface area contributed by atoms with E-state index in [-0.39, 0.29) is 17.2 Å². The Morgan fingerprint density at radius 1 is 1.25 bits per heavy atom. The predicted octanol–water partition coefficient (Wildman–Crippen LogP) is 2.07. The second kappa shape index (κ2) is 4.33. The molecule has 1 aromatic rings. The smallest absolute Gasteiger partial charge is 0.326 e. The molecular weight excluding hydrogens is 254 g/mol. The van der Waals surface area contributed by atoms with Crippen molar-refractivity contribution in [1.29, 1.82) is 0 Å². The lowest BCUT2D eigenvalue weighted by atomic mass is 9.93. The summed E-state index contributed by atoms with van der Waals surface area (Å²) in [7, 11) is 0. The molecule has 1 saturated carbocycles. The molecule has 0 radical (unpaired) electrons. The highest BCUT2D eigenvalue weighted by Gasteiger charge is 2.53. The topological polar surface area (TPSA) is 57.6 Å². The summed E-state index contributed by atoms with van der Waals surface area (Å²) in [6.45, 7) is 4.53. The first-order valence-electron chi connectivity index (χ1n) is 7.00. The SMILES string of the molecule is CC1(C)CC1C(=O)N1Cc2ccccc2C[C@@H]1C(=O)O. The van der Waals surface area contributed by atoms with Crippen LogP contribution in [0.15, 0.2) is 24.3 Å². The Hall–Kier alpha value is -1.84. The number of nitrogens with zero attached hydrogens (tertiary/aromatic N) is 1. The van der Waals surface area contributed by atoms with Crippen molar-refractivity contribution >= 4 is 11.9 Å². The van der Waals surface area contributed by atoms with Crippen LogP contribution in [0.4, 0.5) is 0 Å². The van der Waals surface area contributed by atoms with E-state index in [2.05, 4.69) is 13.8 Å². The van der Waals surface area contributed by atoms with Crippen LogP contribution in [-0.4, -0.2) is 27.9 Å². The number of benzene rings is 1. The number of carboxylic acids is 1. The number of aliphatic carboxylic acids is 1. The number of amides is 1. The molecule has 1 amide bonds. The highest BCUT2D eigenvalue weighted by molar-refractivity contribution is 5.88. The lowest BCUT2D eigenvalue weighted by Gasteiger charge is -2.35. The van der Waals surface area contributed by atoms with Crippen molar-refractivity contribution in [1.82, 2.24) is 4.90 Å². The predicted molar refractivity (Wildman–Crippen MR) is 74.0 cm³/mol. The molecule has 1 N–H and O–H groups in total. The summed E-state index contributed by atoms with van der Waals surface area (Å²) in [5, 5.41) is 9.42. The molecule has 0 spiro atoms. The van der Waals surface area contributed by atoms with Crippen molar-refractivity contribution in [2.24, 2.45) is 11.3 Å². The van der Waals surface area contributed by atoms with Gasteiger partial charge in [0, 0.05) is 18.9 Å². The third-order valence-corrected chi connectivity index (χ3v) is 4.63. The molecule has 1 aromatic carbocycles.